The van der Waals surface area contributed by atoms with Crippen LogP contribution in [0.2, 0.25) is 0 Å². The lowest BCUT2D eigenvalue weighted by Gasteiger charge is -2.11. The lowest BCUT2D eigenvalue weighted by atomic mass is 10.0. The maximum atomic E-state index is 11.8. The number of carbonyl (C=O) groups is 1. The fraction of sp³-hybridized carbons (Fsp3) is 0.467. The van der Waals surface area contributed by atoms with Crippen LogP contribution < -0.4 is 5.32 Å². The topological polar surface area (TPSA) is 115 Å². The van der Waals surface area contributed by atoms with Crippen molar-refractivity contribution in [3.05, 3.63) is 56.8 Å². The first-order valence-corrected chi connectivity index (χ1v) is 7.30. The van der Waals surface area contributed by atoms with E-state index in [1.54, 1.807) is 31.5 Å². The first-order valence-electron chi connectivity index (χ1n) is 7.30. The minimum Gasteiger partial charge on any atom is -0.353 e. The van der Waals surface area contributed by atoms with Crippen LogP contribution in [0.3, 0.4) is 0 Å². The third-order valence-electron chi connectivity index (χ3n) is 3.40. The van der Waals surface area contributed by atoms with Gasteiger partial charge in [0.05, 0.1) is 6.42 Å². The van der Waals surface area contributed by atoms with Crippen molar-refractivity contribution in [2.45, 2.75) is 38.8 Å². The zero-order valence-corrected chi connectivity index (χ0v) is 13.1. The maximum absolute atomic E-state index is 11.8. The van der Waals surface area contributed by atoms with Crippen molar-refractivity contribution in [1.82, 2.24) is 10.3 Å². The van der Waals surface area contributed by atoms with E-state index in [0.29, 0.717) is 12.0 Å². The molecule has 0 bridgehead atoms. The van der Waals surface area contributed by atoms with Crippen LogP contribution >= 0.6 is 0 Å². The Hall–Kier alpha value is -2.64. The van der Waals surface area contributed by atoms with Gasteiger partial charge in [-0.15, -0.1) is 0 Å². The summed E-state index contributed by atoms with van der Waals surface area (Å²) in [5.74, 6) is -0.263. The van der Waals surface area contributed by atoms with E-state index in [9.17, 15) is 19.8 Å². The van der Waals surface area contributed by atoms with Gasteiger partial charge in [-0.2, -0.15) is 4.91 Å². The van der Waals surface area contributed by atoms with Crippen LogP contribution in [-0.4, -0.2) is 34.4 Å². The molecule has 0 spiro atoms. The summed E-state index contributed by atoms with van der Waals surface area (Å²) in [5, 5.41) is 16.3. The van der Waals surface area contributed by atoms with Crippen molar-refractivity contribution in [1.29, 1.82) is 0 Å². The highest BCUT2D eigenvalue weighted by atomic mass is 16.6. The number of nitro groups is 1. The Morgan fingerprint density at radius 1 is 1.57 bits per heavy atom. The highest BCUT2D eigenvalue weighted by molar-refractivity contribution is 5.78. The quantitative estimate of drug-likeness (QED) is 0.323. The zero-order valence-electron chi connectivity index (χ0n) is 13.1. The van der Waals surface area contributed by atoms with Crippen LogP contribution in [0.4, 0.5) is 0 Å². The fourth-order valence-corrected chi connectivity index (χ4v) is 2.03. The van der Waals surface area contributed by atoms with E-state index < -0.39 is 17.0 Å². The molecule has 0 saturated carbocycles. The van der Waals surface area contributed by atoms with Gasteiger partial charge in [-0.3, -0.25) is 19.9 Å². The molecule has 1 rings (SSSR count). The van der Waals surface area contributed by atoms with Gasteiger partial charge in [0.15, 0.2) is 0 Å². The number of amides is 1. The highest BCUT2D eigenvalue weighted by Crippen LogP contribution is 2.12. The molecule has 1 N–H and O–H groups in total. The molecule has 0 aliphatic carbocycles. The summed E-state index contributed by atoms with van der Waals surface area (Å²) in [6.07, 6.45) is 5.25. The van der Waals surface area contributed by atoms with Crippen LogP contribution in [0.15, 0.2) is 41.4 Å². The average molecular weight is 320 g/mol. The summed E-state index contributed by atoms with van der Waals surface area (Å²) < 4.78 is 0. The van der Waals surface area contributed by atoms with Crippen LogP contribution in [0.1, 0.15) is 25.8 Å². The Morgan fingerprint density at radius 2 is 2.30 bits per heavy atom. The maximum Gasteiger partial charge on any atom is 0.231 e. The summed E-state index contributed by atoms with van der Waals surface area (Å²) in [4.78, 5) is 37.0. The van der Waals surface area contributed by atoms with Crippen LogP contribution in [0, 0.1) is 15.0 Å². The van der Waals surface area contributed by atoms with Gasteiger partial charge >= 0.3 is 0 Å². The van der Waals surface area contributed by atoms with Crippen LogP contribution in [-0.2, 0) is 11.2 Å². The van der Waals surface area contributed by atoms with Gasteiger partial charge in [0.25, 0.3) is 0 Å². The van der Waals surface area contributed by atoms with Gasteiger partial charge in [0, 0.05) is 36.4 Å². The lowest BCUT2D eigenvalue weighted by Crippen LogP contribution is -2.32. The van der Waals surface area contributed by atoms with Crippen molar-refractivity contribution in [2.75, 3.05) is 6.54 Å². The molecule has 1 heterocycles. The van der Waals surface area contributed by atoms with E-state index in [-0.39, 0.29) is 18.9 Å². The molecule has 124 valence electrons. The number of aromatic nitrogens is 1. The smallest absolute Gasteiger partial charge is 0.231 e. The molecule has 0 fully saturated rings. The van der Waals surface area contributed by atoms with Crippen molar-refractivity contribution in [3.8, 4) is 0 Å². The van der Waals surface area contributed by atoms with Crippen molar-refractivity contribution < 1.29 is 9.72 Å². The Bertz CT molecular complexity index is 574. The lowest BCUT2D eigenvalue weighted by molar-refractivity contribution is -0.508. The Labute approximate surface area is 134 Å². The third kappa shape index (κ3) is 6.33. The standard InChI is InChI=1S/C15H20N4O4/c1-3-13(11(2)19(22)23)8-14(18-21)10-17-15(20)7-12-5-4-6-16-9-12/h4-6,8-9,11,14H,3,7,10H2,1-2H3,(H,17,20). The van der Waals surface area contributed by atoms with E-state index in [4.69, 9.17) is 0 Å². The summed E-state index contributed by atoms with van der Waals surface area (Å²) in [7, 11) is 0. The molecule has 0 aliphatic heterocycles. The van der Waals surface area contributed by atoms with E-state index in [0.717, 1.165) is 5.56 Å². The second-order valence-electron chi connectivity index (χ2n) is 5.07. The molecule has 8 nitrogen and oxygen atoms in total. The number of carbonyl (C=O) groups excluding carboxylic acids is 1. The van der Waals surface area contributed by atoms with Crippen LogP contribution in [0.5, 0.6) is 0 Å². The molecular formula is C15H20N4O4. The van der Waals surface area contributed by atoms with Gasteiger partial charge in [0.1, 0.15) is 6.04 Å². The number of rotatable bonds is 9. The predicted octanol–water partition coefficient (Wildman–Crippen LogP) is 1.88. The second-order valence-corrected chi connectivity index (χ2v) is 5.07. The van der Waals surface area contributed by atoms with E-state index in [1.807, 2.05) is 0 Å². The van der Waals surface area contributed by atoms with Gasteiger partial charge < -0.3 is 5.32 Å². The minimum atomic E-state index is -0.879. The minimum absolute atomic E-state index is 0.0104. The van der Waals surface area contributed by atoms with Gasteiger partial charge in [-0.1, -0.05) is 18.2 Å². The molecule has 1 aromatic heterocycles. The number of pyridine rings is 1. The number of nitrogens with zero attached hydrogens (tertiary/aromatic N) is 3. The fourth-order valence-electron chi connectivity index (χ4n) is 2.03. The zero-order chi connectivity index (χ0) is 17.2. The number of hydrogen-bond acceptors (Lipinski definition) is 6. The van der Waals surface area contributed by atoms with Crippen molar-refractivity contribution >= 4 is 5.91 Å². The first kappa shape index (κ1) is 18.4. The Kier molecular flexibility index (Phi) is 7.52. The molecule has 2 unspecified atom stereocenters. The van der Waals surface area contributed by atoms with Crippen LogP contribution in [0.25, 0.3) is 0 Å². The number of nitrogens with one attached hydrogen (secondary N) is 1. The summed E-state index contributed by atoms with van der Waals surface area (Å²) >= 11 is 0. The van der Waals surface area contributed by atoms with Gasteiger partial charge in [-0.05, 0) is 24.1 Å². The van der Waals surface area contributed by atoms with E-state index in [2.05, 4.69) is 15.5 Å². The molecule has 1 aromatic rings. The van der Waals surface area contributed by atoms with E-state index in [1.165, 1.54) is 13.0 Å². The molecule has 23 heavy (non-hydrogen) atoms. The summed E-state index contributed by atoms with van der Waals surface area (Å²) in [6, 6.07) is 1.80. The van der Waals surface area contributed by atoms with Crippen molar-refractivity contribution in [2.24, 2.45) is 5.18 Å². The molecule has 0 saturated heterocycles. The SMILES string of the molecule is CCC(=CC(CNC(=O)Cc1cccnc1)N=O)C(C)[N+](=O)[O-]. The monoisotopic (exact) mass is 320 g/mol. The van der Waals surface area contributed by atoms with Gasteiger partial charge in [-0.25, -0.2) is 0 Å². The van der Waals surface area contributed by atoms with Gasteiger partial charge in [0.2, 0.25) is 11.9 Å². The van der Waals surface area contributed by atoms with E-state index >= 15 is 0 Å². The second kappa shape index (κ2) is 9.39. The Balaban J connectivity index is 2.60. The highest BCUT2D eigenvalue weighted by Gasteiger charge is 2.20. The molecule has 2 atom stereocenters. The molecular weight excluding hydrogens is 300 g/mol. The molecule has 0 radical (unpaired) electrons. The normalized spacial score (nSPS) is 13.9. The molecule has 0 aromatic carbocycles. The number of nitroso groups, excluding NO2 is 1. The molecule has 0 aliphatic rings. The van der Waals surface area contributed by atoms with Crippen molar-refractivity contribution in [3.63, 3.8) is 0 Å². The molecule has 8 heteroatoms. The summed E-state index contributed by atoms with van der Waals surface area (Å²) in [5.41, 5.74) is 1.27. The third-order valence-corrected chi connectivity index (χ3v) is 3.40. The first-order chi connectivity index (χ1) is 11.0. The number of hydrogen-bond donors (Lipinski definition) is 1. The predicted molar refractivity (Wildman–Crippen MR) is 85.4 cm³/mol. The largest absolute Gasteiger partial charge is 0.353 e. The average Bonchev–Trinajstić information content (AvgIpc) is 2.55. The molecule has 1 amide bonds. The summed E-state index contributed by atoms with van der Waals surface area (Å²) in [6.45, 7) is 3.24. The Morgan fingerprint density at radius 3 is 2.83 bits per heavy atom.